The summed E-state index contributed by atoms with van der Waals surface area (Å²) in [6, 6.07) is 7.59. The molecule has 1 aliphatic heterocycles. The number of carbonyl (C=O) groups is 2. The number of rotatable bonds is 6. The first-order chi connectivity index (χ1) is 12.1. The topological polar surface area (TPSA) is 42.3 Å². The third-order valence-electron chi connectivity index (χ3n) is 4.96. The highest BCUT2D eigenvalue weighted by Gasteiger charge is 2.36. The molecule has 0 saturated heterocycles. The SMILES string of the molecule is C=CCCCN1C(=O)c2c(c3ccccc3n2C)C(=O)CC1CC=C. The van der Waals surface area contributed by atoms with Crippen LogP contribution in [0.5, 0.6) is 0 Å². The average Bonchev–Trinajstić information content (AvgIpc) is 2.86. The van der Waals surface area contributed by atoms with Crippen LogP contribution in [0.1, 0.15) is 46.5 Å². The van der Waals surface area contributed by atoms with E-state index in [1.54, 1.807) is 6.08 Å². The van der Waals surface area contributed by atoms with Crippen molar-refractivity contribution in [3.63, 3.8) is 0 Å². The number of carbonyl (C=O) groups excluding carboxylic acids is 2. The predicted molar refractivity (Wildman–Crippen MR) is 101 cm³/mol. The zero-order valence-corrected chi connectivity index (χ0v) is 14.7. The van der Waals surface area contributed by atoms with Crippen molar-refractivity contribution in [3.8, 4) is 0 Å². The van der Waals surface area contributed by atoms with Crippen LogP contribution in [0.25, 0.3) is 10.9 Å². The van der Waals surface area contributed by atoms with Gasteiger partial charge >= 0.3 is 0 Å². The lowest BCUT2D eigenvalue weighted by Crippen LogP contribution is -2.40. The molecule has 0 radical (unpaired) electrons. The molecule has 1 unspecified atom stereocenters. The molecule has 0 aliphatic carbocycles. The highest BCUT2D eigenvalue weighted by Crippen LogP contribution is 2.32. The van der Waals surface area contributed by atoms with Crippen LogP contribution in [0.2, 0.25) is 0 Å². The predicted octanol–water partition coefficient (Wildman–Crippen LogP) is 4.12. The van der Waals surface area contributed by atoms with Gasteiger partial charge in [-0.2, -0.15) is 0 Å². The van der Waals surface area contributed by atoms with E-state index in [9.17, 15) is 9.59 Å². The normalized spacial score (nSPS) is 17.5. The zero-order chi connectivity index (χ0) is 18.0. The van der Waals surface area contributed by atoms with E-state index in [1.165, 1.54) is 0 Å². The van der Waals surface area contributed by atoms with Gasteiger partial charge in [-0.25, -0.2) is 0 Å². The molecule has 2 aromatic rings. The molecule has 4 nitrogen and oxygen atoms in total. The van der Waals surface area contributed by atoms with Crippen molar-refractivity contribution in [1.29, 1.82) is 0 Å². The summed E-state index contributed by atoms with van der Waals surface area (Å²) in [5.41, 5.74) is 2.00. The fourth-order valence-corrected chi connectivity index (χ4v) is 3.75. The standard InChI is InChI=1S/C21H24N2O2/c1-4-6-9-13-23-15(10-5-2)14-18(24)19-16-11-7-8-12-17(16)22(3)20(19)21(23)25/h4-5,7-8,11-12,15H,1-2,6,9-10,13-14H2,3H3. The maximum Gasteiger partial charge on any atom is 0.271 e. The second kappa shape index (κ2) is 7.09. The quantitative estimate of drug-likeness (QED) is 0.588. The molecule has 4 heteroatoms. The Morgan fingerprint density at radius 2 is 1.96 bits per heavy atom. The van der Waals surface area contributed by atoms with E-state index in [0.29, 0.717) is 30.6 Å². The summed E-state index contributed by atoms with van der Waals surface area (Å²) in [5, 5.41) is 0.864. The molecule has 1 atom stereocenters. The Kier molecular flexibility index (Phi) is 4.88. The van der Waals surface area contributed by atoms with E-state index in [2.05, 4.69) is 13.2 Å². The summed E-state index contributed by atoms with van der Waals surface area (Å²) in [7, 11) is 1.86. The Bertz CT molecular complexity index is 847. The largest absolute Gasteiger partial charge is 0.339 e. The molecule has 0 saturated carbocycles. The van der Waals surface area contributed by atoms with Gasteiger partial charge in [-0.3, -0.25) is 9.59 Å². The van der Waals surface area contributed by atoms with Gasteiger partial charge in [-0.1, -0.05) is 30.4 Å². The van der Waals surface area contributed by atoms with E-state index < -0.39 is 0 Å². The molecule has 1 aromatic carbocycles. The molecule has 1 aliphatic rings. The van der Waals surface area contributed by atoms with Gasteiger partial charge in [-0.05, 0) is 25.3 Å². The molecule has 0 bridgehead atoms. The second-order valence-corrected chi connectivity index (χ2v) is 6.53. The molecule has 3 rings (SSSR count). The number of Topliss-reactive ketones (excluding diaryl/α,β-unsaturated/α-hetero) is 1. The summed E-state index contributed by atoms with van der Waals surface area (Å²) < 4.78 is 1.86. The van der Waals surface area contributed by atoms with Gasteiger partial charge < -0.3 is 9.47 Å². The number of ketones is 1. The minimum atomic E-state index is -0.131. The van der Waals surface area contributed by atoms with Gasteiger partial charge in [0.25, 0.3) is 5.91 Å². The monoisotopic (exact) mass is 336 g/mol. The maximum absolute atomic E-state index is 13.3. The van der Waals surface area contributed by atoms with Crippen LogP contribution < -0.4 is 0 Å². The van der Waals surface area contributed by atoms with E-state index in [-0.39, 0.29) is 17.7 Å². The summed E-state index contributed by atoms with van der Waals surface area (Å²) >= 11 is 0. The molecular formula is C21H24N2O2. The molecule has 0 N–H and O–H groups in total. The summed E-state index contributed by atoms with van der Waals surface area (Å²) in [4.78, 5) is 28.2. The van der Waals surface area contributed by atoms with Crippen LogP contribution in [0.4, 0.5) is 0 Å². The van der Waals surface area contributed by atoms with Gasteiger partial charge in [0.05, 0.1) is 5.56 Å². The summed E-state index contributed by atoms with van der Waals surface area (Å²) in [6.45, 7) is 8.17. The first-order valence-corrected chi connectivity index (χ1v) is 8.73. The lowest BCUT2D eigenvalue weighted by molar-refractivity contribution is 0.0664. The number of aromatic nitrogens is 1. The molecule has 2 heterocycles. The fraction of sp³-hybridized carbons (Fsp3) is 0.333. The molecule has 1 aromatic heterocycles. The minimum Gasteiger partial charge on any atom is -0.339 e. The minimum absolute atomic E-state index is 0.0400. The average molecular weight is 336 g/mol. The van der Waals surface area contributed by atoms with Crippen molar-refractivity contribution in [2.75, 3.05) is 6.54 Å². The van der Waals surface area contributed by atoms with Gasteiger partial charge in [-0.15, -0.1) is 13.2 Å². The van der Waals surface area contributed by atoms with Crippen LogP contribution in [0.15, 0.2) is 49.6 Å². The number of allylic oxidation sites excluding steroid dienone is 1. The lowest BCUT2D eigenvalue weighted by atomic mass is 10.0. The Morgan fingerprint density at radius 1 is 1.20 bits per heavy atom. The maximum atomic E-state index is 13.3. The highest BCUT2D eigenvalue weighted by atomic mass is 16.2. The Morgan fingerprint density at radius 3 is 2.68 bits per heavy atom. The third kappa shape index (κ3) is 2.93. The van der Waals surface area contributed by atoms with Crippen LogP contribution in [-0.4, -0.2) is 33.7 Å². The Hall–Kier alpha value is -2.62. The van der Waals surface area contributed by atoms with Crippen molar-refractivity contribution in [2.45, 2.75) is 31.7 Å². The molecule has 25 heavy (non-hydrogen) atoms. The Balaban J connectivity index is 2.12. The van der Waals surface area contributed by atoms with E-state index in [0.717, 1.165) is 23.7 Å². The number of hydrogen-bond donors (Lipinski definition) is 0. The summed E-state index contributed by atoms with van der Waals surface area (Å²) in [6.07, 6.45) is 6.30. The molecule has 1 amide bonds. The second-order valence-electron chi connectivity index (χ2n) is 6.53. The molecule has 130 valence electrons. The Labute approximate surface area is 148 Å². The summed E-state index contributed by atoms with van der Waals surface area (Å²) in [5.74, 6) is -0.0197. The smallest absolute Gasteiger partial charge is 0.271 e. The van der Waals surface area contributed by atoms with E-state index in [4.69, 9.17) is 0 Å². The van der Waals surface area contributed by atoms with Gasteiger partial charge in [0.1, 0.15) is 5.69 Å². The van der Waals surface area contributed by atoms with Gasteiger partial charge in [0.15, 0.2) is 5.78 Å². The fourth-order valence-electron chi connectivity index (χ4n) is 3.75. The van der Waals surface area contributed by atoms with Crippen LogP contribution >= 0.6 is 0 Å². The molecular weight excluding hydrogens is 312 g/mol. The number of nitrogens with zero attached hydrogens (tertiary/aromatic N) is 2. The van der Waals surface area contributed by atoms with Gasteiger partial charge in [0, 0.05) is 37.0 Å². The first kappa shape index (κ1) is 17.2. The number of amides is 1. The number of aryl methyl sites for hydroxylation is 1. The number of unbranched alkanes of at least 4 members (excludes halogenated alkanes) is 1. The first-order valence-electron chi connectivity index (χ1n) is 8.73. The molecule has 0 spiro atoms. The highest BCUT2D eigenvalue weighted by molar-refractivity contribution is 6.17. The van der Waals surface area contributed by atoms with Gasteiger partial charge in [0.2, 0.25) is 0 Å². The van der Waals surface area contributed by atoms with Crippen molar-refractivity contribution >= 4 is 22.6 Å². The number of benzene rings is 1. The number of fused-ring (bicyclic) bond motifs is 3. The molecule has 0 fully saturated rings. The van der Waals surface area contributed by atoms with E-state index >= 15 is 0 Å². The van der Waals surface area contributed by atoms with Crippen molar-refractivity contribution in [1.82, 2.24) is 9.47 Å². The number of hydrogen-bond acceptors (Lipinski definition) is 2. The number of para-hydroxylation sites is 1. The van der Waals surface area contributed by atoms with Crippen molar-refractivity contribution in [2.24, 2.45) is 7.05 Å². The lowest BCUT2D eigenvalue weighted by Gasteiger charge is -2.29. The van der Waals surface area contributed by atoms with Crippen molar-refractivity contribution in [3.05, 3.63) is 60.8 Å². The zero-order valence-electron chi connectivity index (χ0n) is 14.7. The van der Waals surface area contributed by atoms with Crippen LogP contribution in [-0.2, 0) is 7.05 Å². The van der Waals surface area contributed by atoms with Crippen LogP contribution in [0.3, 0.4) is 0 Å². The third-order valence-corrected chi connectivity index (χ3v) is 4.96. The van der Waals surface area contributed by atoms with Crippen LogP contribution in [0, 0.1) is 0 Å². The van der Waals surface area contributed by atoms with E-state index in [1.807, 2.05) is 46.9 Å². The van der Waals surface area contributed by atoms with Crippen molar-refractivity contribution < 1.29 is 9.59 Å².